The molecule has 2 heterocycles. The van der Waals surface area contributed by atoms with Crippen LogP contribution in [0.25, 0.3) is 0 Å². The molecule has 98 valence electrons. The standard InChI is InChI=1S/C9H13N3OS2.2ClH/c1-6-3-15-8(12-6)2-10-9(13)7-4-14-5-11-7;;/h3,7,11H,2,4-5H2,1H3,(H,10,13);2*1H. The zero-order chi connectivity index (χ0) is 10.7. The molecule has 2 rings (SSSR count). The van der Waals surface area contributed by atoms with Gasteiger partial charge in [0.2, 0.25) is 5.91 Å². The molecular formula is C9H15Cl2N3OS2. The Morgan fingerprint density at radius 3 is 2.94 bits per heavy atom. The van der Waals surface area contributed by atoms with Crippen LogP contribution in [0.15, 0.2) is 5.38 Å². The molecule has 0 aliphatic carbocycles. The van der Waals surface area contributed by atoms with Crippen molar-refractivity contribution in [1.29, 1.82) is 0 Å². The number of thioether (sulfide) groups is 1. The maximum Gasteiger partial charge on any atom is 0.238 e. The van der Waals surface area contributed by atoms with Gasteiger partial charge < -0.3 is 5.32 Å². The normalized spacial score (nSPS) is 18.1. The first kappa shape index (κ1) is 17.0. The number of aryl methyl sites for hydroxylation is 1. The summed E-state index contributed by atoms with van der Waals surface area (Å²) in [5.74, 6) is 1.81. The molecular weight excluding hydrogens is 301 g/mol. The smallest absolute Gasteiger partial charge is 0.238 e. The van der Waals surface area contributed by atoms with Crippen molar-refractivity contribution in [1.82, 2.24) is 15.6 Å². The number of carbonyl (C=O) groups excluding carboxylic acids is 1. The van der Waals surface area contributed by atoms with Crippen LogP contribution in [-0.4, -0.2) is 28.6 Å². The van der Waals surface area contributed by atoms with Crippen LogP contribution in [0, 0.1) is 6.92 Å². The lowest BCUT2D eigenvalue weighted by Crippen LogP contribution is -2.41. The maximum atomic E-state index is 11.6. The Morgan fingerprint density at radius 2 is 2.41 bits per heavy atom. The number of thiazole rings is 1. The van der Waals surface area contributed by atoms with E-state index in [2.05, 4.69) is 15.6 Å². The van der Waals surface area contributed by atoms with Crippen molar-refractivity contribution >= 4 is 53.8 Å². The Labute approximate surface area is 121 Å². The summed E-state index contributed by atoms with van der Waals surface area (Å²) in [4.78, 5) is 15.9. The summed E-state index contributed by atoms with van der Waals surface area (Å²) in [7, 11) is 0. The molecule has 0 aromatic carbocycles. The zero-order valence-corrected chi connectivity index (χ0v) is 12.5. The number of nitrogens with one attached hydrogen (secondary N) is 2. The molecule has 1 aliphatic heterocycles. The monoisotopic (exact) mass is 315 g/mol. The minimum absolute atomic E-state index is 0. The quantitative estimate of drug-likeness (QED) is 0.889. The molecule has 1 aromatic heterocycles. The lowest BCUT2D eigenvalue weighted by molar-refractivity contribution is -0.122. The molecule has 0 spiro atoms. The number of amides is 1. The van der Waals surface area contributed by atoms with E-state index < -0.39 is 0 Å². The number of rotatable bonds is 3. The van der Waals surface area contributed by atoms with Gasteiger partial charge in [0.15, 0.2) is 0 Å². The molecule has 2 N–H and O–H groups in total. The first-order chi connectivity index (χ1) is 7.25. The minimum atomic E-state index is -0.0314. The Kier molecular flexibility index (Phi) is 8.15. The van der Waals surface area contributed by atoms with Crippen molar-refractivity contribution in [2.45, 2.75) is 19.5 Å². The predicted molar refractivity (Wildman–Crippen MR) is 77.4 cm³/mol. The van der Waals surface area contributed by atoms with Gasteiger partial charge in [0.25, 0.3) is 0 Å². The third kappa shape index (κ3) is 5.01. The average molecular weight is 316 g/mol. The summed E-state index contributed by atoms with van der Waals surface area (Å²) in [5, 5.41) is 8.97. The zero-order valence-electron chi connectivity index (χ0n) is 9.26. The van der Waals surface area contributed by atoms with Crippen LogP contribution in [0.3, 0.4) is 0 Å². The van der Waals surface area contributed by atoms with E-state index in [0.717, 1.165) is 22.3 Å². The van der Waals surface area contributed by atoms with E-state index in [4.69, 9.17) is 0 Å². The van der Waals surface area contributed by atoms with E-state index in [1.807, 2.05) is 12.3 Å². The number of hydrogen-bond acceptors (Lipinski definition) is 5. The second-order valence-electron chi connectivity index (χ2n) is 3.37. The van der Waals surface area contributed by atoms with Gasteiger partial charge in [-0.2, -0.15) is 0 Å². The lowest BCUT2D eigenvalue weighted by Gasteiger charge is -2.08. The highest BCUT2D eigenvalue weighted by molar-refractivity contribution is 7.99. The van der Waals surface area contributed by atoms with Crippen LogP contribution < -0.4 is 10.6 Å². The van der Waals surface area contributed by atoms with Gasteiger partial charge >= 0.3 is 0 Å². The second-order valence-corrected chi connectivity index (χ2v) is 5.35. The van der Waals surface area contributed by atoms with E-state index in [1.165, 1.54) is 0 Å². The summed E-state index contributed by atoms with van der Waals surface area (Å²) in [6, 6.07) is -0.0314. The van der Waals surface area contributed by atoms with Crippen LogP contribution >= 0.6 is 47.9 Å². The van der Waals surface area contributed by atoms with Gasteiger partial charge in [-0.25, -0.2) is 4.98 Å². The van der Waals surface area contributed by atoms with Crippen LogP contribution in [0.1, 0.15) is 10.7 Å². The fourth-order valence-electron chi connectivity index (χ4n) is 1.33. The van der Waals surface area contributed by atoms with E-state index >= 15 is 0 Å². The summed E-state index contributed by atoms with van der Waals surface area (Å²) in [6.45, 7) is 2.50. The van der Waals surface area contributed by atoms with Crippen molar-refractivity contribution < 1.29 is 4.79 Å². The van der Waals surface area contributed by atoms with Crippen LogP contribution in [-0.2, 0) is 11.3 Å². The van der Waals surface area contributed by atoms with Gasteiger partial charge in [-0.15, -0.1) is 47.9 Å². The van der Waals surface area contributed by atoms with Crippen LogP contribution in [0.5, 0.6) is 0 Å². The molecule has 17 heavy (non-hydrogen) atoms. The first-order valence-electron chi connectivity index (χ1n) is 4.75. The highest BCUT2D eigenvalue weighted by atomic mass is 35.5. The van der Waals surface area contributed by atoms with Crippen molar-refractivity contribution in [3.8, 4) is 0 Å². The summed E-state index contributed by atoms with van der Waals surface area (Å²) in [6.07, 6.45) is 0. The fourth-order valence-corrected chi connectivity index (χ4v) is 2.99. The third-order valence-electron chi connectivity index (χ3n) is 2.11. The van der Waals surface area contributed by atoms with E-state index in [1.54, 1.807) is 23.1 Å². The molecule has 1 amide bonds. The Morgan fingerprint density at radius 1 is 1.65 bits per heavy atom. The number of aromatic nitrogens is 1. The van der Waals surface area contributed by atoms with Crippen LogP contribution in [0.4, 0.5) is 0 Å². The van der Waals surface area contributed by atoms with Gasteiger partial charge in [-0.1, -0.05) is 0 Å². The number of nitrogens with zero attached hydrogens (tertiary/aromatic N) is 1. The van der Waals surface area contributed by atoms with Crippen molar-refractivity contribution in [2.75, 3.05) is 11.6 Å². The predicted octanol–water partition coefficient (Wildman–Crippen LogP) is 1.57. The van der Waals surface area contributed by atoms with Crippen LogP contribution in [0.2, 0.25) is 0 Å². The number of carbonyl (C=O) groups is 1. The van der Waals surface area contributed by atoms with Gasteiger partial charge in [0.1, 0.15) is 5.01 Å². The Hall–Kier alpha value is -0.0100. The molecule has 1 aromatic rings. The topological polar surface area (TPSA) is 54.0 Å². The molecule has 1 fully saturated rings. The largest absolute Gasteiger partial charge is 0.348 e. The van der Waals surface area contributed by atoms with Gasteiger partial charge in [0.05, 0.1) is 12.6 Å². The first-order valence-corrected chi connectivity index (χ1v) is 6.79. The third-order valence-corrected chi connectivity index (χ3v) is 4.02. The van der Waals surface area contributed by atoms with Crippen molar-refractivity contribution in [3.05, 3.63) is 16.1 Å². The van der Waals surface area contributed by atoms with E-state index in [-0.39, 0.29) is 36.8 Å². The molecule has 1 aliphatic rings. The summed E-state index contributed by atoms with van der Waals surface area (Å²) in [5.41, 5.74) is 1.01. The molecule has 4 nitrogen and oxygen atoms in total. The molecule has 1 atom stereocenters. The lowest BCUT2D eigenvalue weighted by atomic mass is 10.3. The molecule has 0 bridgehead atoms. The molecule has 0 saturated carbocycles. The number of hydrogen-bond donors (Lipinski definition) is 2. The fraction of sp³-hybridized carbons (Fsp3) is 0.556. The highest BCUT2D eigenvalue weighted by Gasteiger charge is 2.21. The van der Waals surface area contributed by atoms with Gasteiger partial charge in [0, 0.05) is 22.7 Å². The highest BCUT2D eigenvalue weighted by Crippen LogP contribution is 2.11. The summed E-state index contributed by atoms with van der Waals surface area (Å²) < 4.78 is 0. The van der Waals surface area contributed by atoms with Crippen molar-refractivity contribution in [3.63, 3.8) is 0 Å². The SMILES string of the molecule is Cc1csc(CNC(=O)C2CSCN2)n1.Cl.Cl. The molecule has 1 saturated heterocycles. The van der Waals surface area contributed by atoms with Crippen molar-refractivity contribution in [2.24, 2.45) is 0 Å². The Bertz CT molecular complexity index is 356. The van der Waals surface area contributed by atoms with E-state index in [9.17, 15) is 4.79 Å². The Balaban J connectivity index is 0.00000128. The molecule has 0 radical (unpaired) electrons. The van der Waals surface area contributed by atoms with E-state index in [0.29, 0.717) is 6.54 Å². The average Bonchev–Trinajstić information content (AvgIpc) is 2.84. The maximum absolute atomic E-state index is 11.6. The summed E-state index contributed by atoms with van der Waals surface area (Å²) >= 11 is 3.33. The number of halogens is 2. The van der Waals surface area contributed by atoms with Gasteiger partial charge in [-0.05, 0) is 6.92 Å². The molecule has 1 unspecified atom stereocenters. The minimum Gasteiger partial charge on any atom is -0.348 e. The second kappa shape index (κ2) is 8.16. The molecule has 8 heteroatoms. The van der Waals surface area contributed by atoms with Gasteiger partial charge in [-0.3, -0.25) is 10.1 Å².